The summed E-state index contributed by atoms with van der Waals surface area (Å²) in [6.07, 6.45) is 0. The maximum atomic E-state index is 10.9. The van der Waals surface area contributed by atoms with Gasteiger partial charge in [-0.1, -0.05) is 40.9 Å². The highest BCUT2D eigenvalue weighted by Crippen LogP contribution is 2.65. The summed E-state index contributed by atoms with van der Waals surface area (Å²) in [5.74, 6) is -2.17. The summed E-state index contributed by atoms with van der Waals surface area (Å²) < 4.78 is -0.483. The van der Waals surface area contributed by atoms with E-state index in [4.69, 9.17) is 39.9 Å². The first kappa shape index (κ1) is 12.5. The molecule has 2 rings (SSSR count). The average Bonchev–Trinajstić information content (AvgIpc) is 2.74. The van der Waals surface area contributed by atoms with Gasteiger partial charge < -0.3 is 5.11 Å². The van der Waals surface area contributed by atoms with E-state index in [0.717, 1.165) is 10.0 Å². The number of hydrogen-bond acceptors (Lipinski definition) is 1. The summed E-state index contributed by atoms with van der Waals surface area (Å²) in [5.41, 5.74) is 0.741. The first-order valence-corrected chi connectivity index (χ1v) is 6.34. The van der Waals surface area contributed by atoms with E-state index in [-0.39, 0.29) is 0 Å². The standard InChI is InChI=1S/C10H6BrCl3O2/c11-5-2-1-4(3-6(5)12)7-8(9(15)16)10(7,13)14/h1-3,7-8H,(H,15,16)/t7-,8+/m1/s1. The Labute approximate surface area is 116 Å². The van der Waals surface area contributed by atoms with Crippen molar-refractivity contribution in [3.63, 3.8) is 0 Å². The molecule has 0 radical (unpaired) electrons. The zero-order valence-corrected chi connectivity index (χ0v) is 11.6. The van der Waals surface area contributed by atoms with Gasteiger partial charge in [-0.2, -0.15) is 0 Å². The van der Waals surface area contributed by atoms with Gasteiger partial charge in [0.2, 0.25) is 0 Å². The highest BCUT2D eigenvalue weighted by molar-refractivity contribution is 9.10. The molecule has 6 heteroatoms. The molecule has 0 unspecified atom stereocenters. The van der Waals surface area contributed by atoms with E-state index in [1.807, 2.05) is 0 Å². The predicted octanol–water partition coefficient (Wildman–Crippen LogP) is 4.07. The van der Waals surface area contributed by atoms with Gasteiger partial charge in [0.15, 0.2) is 0 Å². The van der Waals surface area contributed by atoms with Crippen LogP contribution in [0.3, 0.4) is 0 Å². The first-order chi connectivity index (χ1) is 7.35. The van der Waals surface area contributed by atoms with E-state index in [0.29, 0.717) is 5.02 Å². The number of halogens is 4. The summed E-state index contributed by atoms with van der Waals surface area (Å²) >= 11 is 21.0. The Morgan fingerprint density at radius 2 is 2.06 bits per heavy atom. The van der Waals surface area contributed by atoms with Crippen LogP contribution in [0, 0.1) is 5.92 Å². The molecule has 16 heavy (non-hydrogen) atoms. The fourth-order valence-corrected chi connectivity index (χ4v) is 3.01. The van der Waals surface area contributed by atoms with Crippen LogP contribution in [-0.4, -0.2) is 15.4 Å². The van der Waals surface area contributed by atoms with Crippen LogP contribution in [0.4, 0.5) is 0 Å². The van der Waals surface area contributed by atoms with Crippen molar-refractivity contribution in [2.75, 3.05) is 0 Å². The van der Waals surface area contributed by atoms with Gasteiger partial charge in [0.05, 0.1) is 10.9 Å². The molecule has 0 heterocycles. The second-order valence-electron chi connectivity index (χ2n) is 3.64. The molecule has 1 aromatic carbocycles. The van der Waals surface area contributed by atoms with Crippen LogP contribution in [0.1, 0.15) is 11.5 Å². The highest BCUT2D eigenvalue weighted by Gasteiger charge is 2.68. The second kappa shape index (κ2) is 4.05. The number of rotatable bonds is 2. The van der Waals surface area contributed by atoms with Crippen LogP contribution in [0.15, 0.2) is 22.7 Å². The van der Waals surface area contributed by atoms with Crippen LogP contribution in [-0.2, 0) is 4.79 Å². The van der Waals surface area contributed by atoms with Gasteiger partial charge in [-0.05, 0) is 33.6 Å². The summed E-state index contributed by atoms with van der Waals surface area (Å²) in [6, 6.07) is 5.20. The monoisotopic (exact) mass is 342 g/mol. The fourth-order valence-electron chi connectivity index (χ4n) is 1.75. The number of benzene rings is 1. The van der Waals surface area contributed by atoms with Crippen molar-refractivity contribution in [1.29, 1.82) is 0 Å². The largest absolute Gasteiger partial charge is 0.481 e. The molecular formula is C10H6BrCl3O2. The number of carboxylic acids is 1. The maximum absolute atomic E-state index is 10.9. The number of carboxylic acid groups (broad SMARTS) is 1. The molecule has 86 valence electrons. The molecule has 0 aromatic heterocycles. The first-order valence-electron chi connectivity index (χ1n) is 4.41. The normalized spacial score (nSPS) is 26.5. The highest BCUT2D eigenvalue weighted by atomic mass is 79.9. The molecule has 1 aliphatic carbocycles. The number of carbonyl (C=O) groups is 1. The lowest BCUT2D eigenvalue weighted by atomic mass is 10.1. The zero-order chi connectivity index (χ0) is 12.1. The summed E-state index contributed by atoms with van der Waals surface area (Å²) in [6.45, 7) is 0. The average molecular weight is 344 g/mol. The van der Waals surface area contributed by atoms with Crippen molar-refractivity contribution in [2.24, 2.45) is 5.92 Å². The van der Waals surface area contributed by atoms with Gasteiger partial charge in [-0.3, -0.25) is 4.79 Å². The van der Waals surface area contributed by atoms with Gasteiger partial charge in [0.25, 0.3) is 0 Å². The van der Waals surface area contributed by atoms with Gasteiger partial charge in [-0.25, -0.2) is 0 Å². The van der Waals surface area contributed by atoms with Crippen LogP contribution in [0.25, 0.3) is 0 Å². The molecule has 0 bridgehead atoms. The Bertz CT molecular complexity index is 461. The van der Waals surface area contributed by atoms with Crippen LogP contribution >= 0.6 is 50.7 Å². The molecular weight excluding hydrogens is 338 g/mol. The molecule has 1 aromatic rings. The Hall–Kier alpha value is 0.0400. The molecule has 0 amide bonds. The van der Waals surface area contributed by atoms with Crippen LogP contribution in [0.2, 0.25) is 5.02 Å². The van der Waals surface area contributed by atoms with E-state index in [2.05, 4.69) is 15.9 Å². The van der Waals surface area contributed by atoms with E-state index in [1.54, 1.807) is 18.2 Å². The van der Waals surface area contributed by atoms with Crippen LogP contribution < -0.4 is 0 Å². The van der Waals surface area contributed by atoms with Gasteiger partial charge in [0, 0.05) is 10.4 Å². The van der Waals surface area contributed by atoms with Crippen molar-refractivity contribution >= 4 is 56.7 Å². The number of hydrogen-bond donors (Lipinski definition) is 1. The minimum Gasteiger partial charge on any atom is -0.481 e. The SMILES string of the molecule is O=C(O)[C@@H]1[C@@H](c2ccc(Br)c(Cl)c2)C1(Cl)Cl. The minimum atomic E-state index is -1.23. The van der Waals surface area contributed by atoms with Crippen LogP contribution in [0.5, 0.6) is 0 Å². The van der Waals surface area contributed by atoms with Crippen molar-refractivity contribution < 1.29 is 9.90 Å². The Kier molecular flexibility index (Phi) is 3.17. The maximum Gasteiger partial charge on any atom is 0.310 e. The second-order valence-corrected chi connectivity index (χ2v) is 6.35. The lowest BCUT2D eigenvalue weighted by molar-refractivity contribution is -0.138. The smallest absolute Gasteiger partial charge is 0.310 e. The number of aliphatic carboxylic acids is 1. The topological polar surface area (TPSA) is 37.3 Å². The van der Waals surface area contributed by atoms with E-state index in [9.17, 15) is 4.79 Å². The molecule has 2 atom stereocenters. The molecule has 1 saturated carbocycles. The molecule has 1 N–H and O–H groups in total. The zero-order valence-electron chi connectivity index (χ0n) is 7.75. The third-order valence-electron chi connectivity index (χ3n) is 2.62. The number of alkyl halides is 2. The Balaban J connectivity index is 2.33. The molecule has 1 aliphatic rings. The molecule has 0 saturated heterocycles. The Morgan fingerprint density at radius 3 is 2.50 bits per heavy atom. The lowest BCUT2D eigenvalue weighted by Crippen LogP contribution is -2.03. The third-order valence-corrected chi connectivity index (χ3v) is 4.80. The summed E-state index contributed by atoms with van der Waals surface area (Å²) in [7, 11) is 0. The lowest BCUT2D eigenvalue weighted by Gasteiger charge is -2.02. The third kappa shape index (κ3) is 1.94. The molecule has 2 nitrogen and oxygen atoms in total. The minimum absolute atomic E-state index is 0.404. The molecule has 0 spiro atoms. The summed E-state index contributed by atoms with van der Waals surface area (Å²) in [4.78, 5) is 10.9. The van der Waals surface area contributed by atoms with E-state index < -0.39 is 22.1 Å². The van der Waals surface area contributed by atoms with E-state index in [1.165, 1.54) is 0 Å². The summed E-state index contributed by atoms with van der Waals surface area (Å²) in [5, 5.41) is 9.45. The Morgan fingerprint density at radius 1 is 1.44 bits per heavy atom. The van der Waals surface area contributed by atoms with Crippen molar-refractivity contribution in [1.82, 2.24) is 0 Å². The van der Waals surface area contributed by atoms with Crippen molar-refractivity contribution in [3.05, 3.63) is 33.3 Å². The van der Waals surface area contributed by atoms with Gasteiger partial charge in [0.1, 0.15) is 4.33 Å². The predicted molar refractivity (Wildman–Crippen MR) is 67.5 cm³/mol. The fraction of sp³-hybridized carbons (Fsp3) is 0.300. The molecule has 0 aliphatic heterocycles. The van der Waals surface area contributed by atoms with E-state index >= 15 is 0 Å². The van der Waals surface area contributed by atoms with Gasteiger partial charge >= 0.3 is 5.97 Å². The van der Waals surface area contributed by atoms with Crippen molar-refractivity contribution in [3.8, 4) is 0 Å². The quantitative estimate of drug-likeness (QED) is 0.821. The molecule has 1 fully saturated rings. The van der Waals surface area contributed by atoms with Crippen molar-refractivity contribution in [2.45, 2.75) is 10.3 Å². The van der Waals surface area contributed by atoms with Gasteiger partial charge in [-0.15, -0.1) is 0 Å².